The quantitative estimate of drug-likeness (QED) is 0.806. The van der Waals surface area contributed by atoms with Crippen molar-refractivity contribution < 1.29 is 4.74 Å². The van der Waals surface area contributed by atoms with Gasteiger partial charge in [0, 0.05) is 17.8 Å². The highest BCUT2D eigenvalue weighted by atomic mass is 16.5. The molecule has 1 rings (SSSR count). The van der Waals surface area contributed by atoms with Gasteiger partial charge in [0.1, 0.15) is 0 Å². The second-order valence-electron chi connectivity index (χ2n) is 4.11. The second kappa shape index (κ2) is 5.71. The van der Waals surface area contributed by atoms with Crippen molar-refractivity contribution in [2.45, 2.75) is 26.8 Å². The monoisotopic (exact) mass is 208 g/mol. The van der Waals surface area contributed by atoms with Gasteiger partial charge < -0.3 is 10.1 Å². The van der Waals surface area contributed by atoms with E-state index in [0.29, 0.717) is 12.5 Å². The fourth-order valence-electron chi connectivity index (χ4n) is 1.25. The van der Waals surface area contributed by atoms with Gasteiger partial charge in [-0.05, 0) is 26.0 Å². The maximum atomic E-state index is 5.67. The van der Waals surface area contributed by atoms with E-state index in [1.165, 1.54) is 0 Å². The summed E-state index contributed by atoms with van der Waals surface area (Å²) in [6.07, 6.45) is 1.77. The lowest BCUT2D eigenvalue weighted by atomic mass is 10.1. The molecule has 3 heteroatoms. The van der Waals surface area contributed by atoms with Crippen LogP contribution in [0, 0.1) is 5.92 Å². The number of rotatable bonds is 5. The number of nitrogens with zero attached hydrogens (tertiary/aromatic N) is 1. The topological polar surface area (TPSA) is 34.2 Å². The number of ether oxygens (including phenoxy) is 1. The molecule has 84 valence electrons. The van der Waals surface area contributed by atoms with Crippen LogP contribution in [-0.2, 0) is 0 Å². The van der Waals surface area contributed by atoms with Gasteiger partial charge in [-0.15, -0.1) is 0 Å². The Morgan fingerprint density at radius 2 is 2.13 bits per heavy atom. The molecule has 15 heavy (non-hydrogen) atoms. The van der Waals surface area contributed by atoms with Crippen LogP contribution < -0.4 is 10.1 Å². The zero-order chi connectivity index (χ0) is 11.3. The molecule has 0 aliphatic heterocycles. The minimum absolute atomic E-state index is 0.265. The first kappa shape index (κ1) is 12.0. The number of hydrogen-bond donors (Lipinski definition) is 1. The van der Waals surface area contributed by atoms with Crippen LogP contribution in [0.3, 0.4) is 0 Å². The summed E-state index contributed by atoms with van der Waals surface area (Å²) in [4.78, 5) is 4.26. The van der Waals surface area contributed by atoms with Crippen LogP contribution in [0.1, 0.15) is 32.4 Å². The fourth-order valence-corrected chi connectivity index (χ4v) is 1.25. The maximum absolute atomic E-state index is 5.67. The number of hydrogen-bond acceptors (Lipinski definition) is 3. The Balaban J connectivity index is 2.77. The van der Waals surface area contributed by atoms with E-state index in [9.17, 15) is 0 Å². The van der Waals surface area contributed by atoms with Crippen molar-refractivity contribution in [3.8, 4) is 5.88 Å². The Hall–Kier alpha value is -1.09. The molecule has 0 fully saturated rings. The Kier molecular flexibility index (Phi) is 4.56. The highest BCUT2D eigenvalue weighted by Crippen LogP contribution is 2.22. The molecule has 0 saturated carbocycles. The molecule has 0 spiro atoms. The number of nitrogens with one attached hydrogen (secondary N) is 1. The predicted molar refractivity (Wildman–Crippen MR) is 62.0 cm³/mol. The van der Waals surface area contributed by atoms with Gasteiger partial charge in [0.25, 0.3) is 0 Å². The van der Waals surface area contributed by atoms with Crippen LogP contribution in [0.5, 0.6) is 5.88 Å². The average molecular weight is 208 g/mol. The summed E-state index contributed by atoms with van der Waals surface area (Å²) < 4.78 is 5.67. The van der Waals surface area contributed by atoms with Gasteiger partial charge >= 0.3 is 0 Å². The Labute approximate surface area is 91.9 Å². The third-order valence-corrected chi connectivity index (χ3v) is 2.25. The molecule has 0 aromatic carbocycles. The number of pyridine rings is 1. The van der Waals surface area contributed by atoms with E-state index in [1.807, 2.05) is 19.2 Å². The minimum atomic E-state index is 0.265. The molecule has 1 unspecified atom stereocenters. The van der Waals surface area contributed by atoms with E-state index >= 15 is 0 Å². The summed E-state index contributed by atoms with van der Waals surface area (Å²) in [5.74, 6) is 1.26. The van der Waals surface area contributed by atoms with Crippen molar-refractivity contribution in [1.29, 1.82) is 0 Å². The molecule has 1 aromatic rings. The predicted octanol–water partition coefficient (Wildman–Crippen LogP) is 2.40. The molecular weight excluding hydrogens is 188 g/mol. The standard InChI is InChI=1S/C12H20N2O/c1-9(2)8-15-12-11(10(3)13-4)6-5-7-14-12/h5-7,9-10,13H,8H2,1-4H3. The Morgan fingerprint density at radius 3 is 2.73 bits per heavy atom. The molecule has 1 aromatic heterocycles. The van der Waals surface area contributed by atoms with Crippen LogP contribution in [0.2, 0.25) is 0 Å². The van der Waals surface area contributed by atoms with Crippen molar-refractivity contribution in [3.63, 3.8) is 0 Å². The summed E-state index contributed by atoms with van der Waals surface area (Å²) >= 11 is 0. The summed E-state index contributed by atoms with van der Waals surface area (Å²) in [7, 11) is 1.93. The average Bonchev–Trinajstić information content (AvgIpc) is 2.25. The lowest BCUT2D eigenvalue weighted by Gasteiger charge is -2.15. The molecule has 1 atom stereocenters. The van der Waals surface area contributed by atoms with Crippen LogP contribution in [0.15, 0.2) is 18.3 Å². The summed E-state index contributed by atoms with van der Waals surface area (Å²) in [5, 5.41) is 3.19. The van der Waals surface area contributed by atoms with Crippen LogP contribution >= 0.6 is 0 Å². The second-order valence-corrected chi connectivity index (χ2v) is 4.11. The molecule has 0 bridgehead atoms. The first-order valence-corrected chi connectivity index (χ1v) is 5.40. The van der Waals surface area contributed by atoms with Gasteiger partial charge in [-0.25, -0.2) is 4.98 Å². The van der Waals surface area contributed by atoms with Gasteiger partial charge in [-0.3, -0.25) is 0 Å². The highest BCUT2D eigenvalue weighted by molar-refractivity contribution is 5.28. The van der Waals surface area contributed by atoms with Crippen molar-refractivity contribution in [2.75, 3.05) is 13.7 Å². The molecule has 1 heterocycles. The van der Waals surface area contributed by atoms with Gasteiger partial charge in [0.05, 0.1) is 6.61 Å². The van der Waals surface area contributed by atoms with Gasteiger partial charge in [-0.2, -0.15) is 0 Å². The molecule has 0 aliphatic carbocycles. The normalized spacial score (nSPS) is 12.9. The first-order valence-electron chi connectivity index (χ1n) is 5.40. The molecule has 0 amide bonds. The fraction of sp³-hybridized carbons (Fsp3) is 0.583. The summed E-state index contributed by atoms with van der Waals surface area (Å²) in [5.41, 5.74) is 1.11. The van der Waals surface area contributed by atoms with E-state index < -0.39 is 0 Å². The maximum Gasteiger partial charge on any atom is 0.218 e. The molecule has 3 nitrogen and oxygen atoms in total. The summed E-state index contributed by atoms with van der Waals surface area (Å²) in [6.45, 7) is 7.06. The van der Waals surface area contributed by atoms with Gasteiger partial charge in [0.2, 0.25) is 5.88 Å². The van der Waals surface area contributed by atoms with Crippen molar-refractivity contribution in [2.24, 2.45) is 5.92 Å². The van der Waals surface area contributed by atoms with Crippen LogP contribution in [0.25, 0.3) is 0 Å². The molecular formula is C12H20N2O. The highest BCUT2D eigenvalue weighted by Gasteiger charge is 2.10. The molecule has 1 N–H and O–H groups in total. The smallest absolute Gasteiger partial charge is 0.218 e. The largest absolute Gasteiger partial charge is 0.477 e. The SMILES string of the molecule is CNC(C)c1cccnc1OCC(C)C. The van der Waals surface area contributed by atoms with E-state index in [1.54, 1.807) is 6.20 Å². The first-order chi connectivity index (χ1) is 7.15. The Morgan fingerprint density at radius 1 is 1.40 bits per heavy atom. The third-order valence-electron chi connectivity index (χ3n) is 2.25. The summed E-state index contributed by atoms with van der Waals surface area (Å²) in [6, 6.07) is 4.25. The van der Waals surface area contributed by atoms with E-state index in [0.717, 1.165) is 11.4 Å². The van der Waals surface area contributed by atoms with Gasteiger partial charge in [0.15, 0.2) is 0 Å². The van der Waals surface area contributed by atoms with E-state index in [2.05, 4.69) is 31.1 Å². The van der Waals surface area contributed by atoms with E-state index in [-0.39, 0.29) is 6.04 Å². The Bertz CT molecular complexity index is 299. The van der Waals surface area contributed by atoms with Crippen molar-refractivity contribution in [3.05, 3.63) is 23.9 Å². The zero-order valence-electron chi connectivity index (χ0n) is 9.95. The van der Waals surface area contributed by atoms with Crippen molar-refractivity contribution >= 4 is 0 Å². The number of aromatic nitrogens is 1. The molecule has 0 aliphatic rings. The van der Waals surface area contributed by atoms with Crippen LogP contribution in [0.4, 0.5) is 0 Å². The van der Waals surface area contributed by atoms with Crippen LogP contribution in [-0.4, -0.2) is 18.6 Å². The zero-order valence-corrected chi connectivity index (χ0v) is 9.95. The molecule has 0 saturated heterocycles. The van der Waals surface area contributed by atoms with Gasteiger partial charge in [-0.1, -0.05) is 19.9 Å². The lowest BCUT2D eigenvalue weighted by molar-refractivity contribution is 0.257. The van der Waals surface area contributed by atoms with Crippen molar-refractivity contribution in [1.82, 2.24) is 10.3 Å². The third kappa shape index (κ3) is 3.51. The lowest BCUT2D eigenvalue weighted by Crippen LogP contribution is -2.15. The molecule has 0 radical (unpaired) electrons. The van der Waals surface area contributed by atoms with E-state index in [4.69, 9.17) is 4.74 Å². The minimum Gasteiger partial charge on any atom is -0.477 e.